The SMILES string of the molecule is C=CCNS(=O)(=O)c1cccc(C(=O)NC[C@H](c2ccccc2Cl)N(CC)CC)c1. The molecule has 0 radical (unpaired) electrons. The zero-order valence-electron chi connectivity index (χ0n) is 17.3. The fourth-order valence-corrected chi connectivity index (χ4v) is 4.50. The second-order valence-corrected chi connectivity index (χ2v) is 8.81. The van der Waals surface area contributed by atoms with Gasteiger partial charge in [-0.25, -0.2) is 13.1 Å². The van der Waals surface area contributed by atoms with Crippen LogP contribution in [0, 0.1) is 0 Å². The first kappa shape index (κ1) is 24.1. The van der Waals surface area contributed by atoms with Crippen molar-refractivity contribution in [3.8, 4) is 0 Å². The van der Waals surface area contributed by atoms with Crippen LogP contribution in [0.4, 0.5) is 0 Å². The van der Waals surface area contributed by atoms with Gasteiger partial charge in [0, 0.05) is 23.7 Å². The summed E-state index contributed by atoms with van der Waals surface area (Å²) in [6.07, 6.45) is 1.45. The van der Waals surface area contributed by atoms with Crippen molar-refractivity contribution in [1.82, 2.24) is 14.9 Å². The monoisotopic (exact) mass is 449 g/mol. The average Bonchev–Trinajstić information content (AvgIpc) is 2.76. The topological polar surface area (TPSA) is 78.5 Å². The van der Waals surface area contributed by atoms with Gasteiger partial charge >= 0.3 is 0 Å². The van der Waals surface area contributed by atoms with Crippen LogP contribution in [0.25, 0.3) is 0 Å². The van der Waals surface area contributed by atoms with E-state index >= 15 is 0 Å². The minimum atomic E-state index is -3.71. The maximum absolute atomic E-state index is 12.8. The van der Waals surface area contributed by atoms with Crippen molar-refractivity contribution in [2.24, 2.45) is 0 Å². The fourth-order valence-electron chi connectivity index (χ4n) is 3.19. The van der Waals surface area contributed by atoms with E-state index in [1.807, 2.05) is 24.3 Å². The standard InChI is InChI=1S/C22H28ClN3O3S/c1-4-14-25-30(28,29)18-11-9-10-17(15-18)22(27)24-16-21(26(5-2)6-3)19-12-7-8-13-20(19)23/h4,7-13,15,21,25H,1,5-6,14,16H2,2-3H3,(H,24,27)/t21-/m1/s1. The molecule has 0 aliphatic rings. The number of rotatable bonds is 11. The fraction of sp³-hybridized carbons (Fsp3) is 0.318. The van der Waals surface area contributed by atoms with Crippen LogP contribution in [-0.4, -0.2) is 45.4 Å². The lowest BCUT2D eigenvalue weighted by molar-refractivity contribution is 0.0934. The molecule has 0 saturated heterocycles. The minimum Gasteiger partial charge on any atom is -0.350 e. The Morgan fingerprint density at radius 3 is 2.50 bits per heavy atom. The van der Waals surface area contributed by atoms with E-state index in [1.54, 1.807) is 12.1 Å². The smallest absolute Gasteiger partial charge is 0.251 e. The molecule has 0 spiro atoms. The van der Waals surface area contributed by atoms with E-state index in [0.717, 1.165) is 18.7 Å². The number of halogens is 1. The van der Waals surface area contributed by atoms with Crippen LogP contribution >= 0.6 is 11.6 Å². The molecule has 0 aliphatic carbocycles. The molecule has 2 rings (SSSR count). The number of likely N-dealkylation sites (N-methyl/N-ethyl adjacent to an activating group) is 1. The zero-order valence-corrected chi connectivity index (χ0v) is 18.8. The molecule has 0 fully saturated rings. The van der Waals surface area contributed by atoms with Crippen molar-refractivity contribution >= 4 is 27.5 Å². The molecule has 0 bridgehead atoms. The Bertz CT molecular complexity index is 975. The summed E-state index contributed by atoms with van der Waals surface area (Å²) < 4.78 is 27.0. The van der Waals surface area contributed by atoms with E-state index in [9.17, 15) is 13.2 Å². The van der Waals surface area contributed by atoms with Crippen molar-refractivity contribution in [2.45, 2.75) is 24.8 Å². The third kappa shape index (κ3) is 6.15. The molecule has 2 aromatic rings. The lowest BCUT2D eigenvalue weighted by Gasteiger charge is -2.31. The van der Waals surface area contributed by atoms with Crippen LogP contribution in [0.2, 0.25) is 5.02 Å². The highest BCUT2D eigenvalue weighted by molar-refractivity contribution is 7.89. The number of carbonyl (C=O) groups excluding carboxylic acids is 1. The van der Waals surface area contributed by atoms with Crippen molar-refractivity contribution in [1.29, 1.82) is 0 Å². The van der Waals surface area contributed by atoms with Crippen LogP contribution < -0.4 is 10.0 Å². The Labute approximate surface area is 184 Å². The van der Waals surface area contributed by atoms with Gasteiger partial charge in [0.2, 0.25) is 10.0 Å². The molecule has 8 heteroatoms. The number of hydrogen-bond donors (Lipinski definition) is 2. The maximum Gasteiger partial charge on any atom is 0.251 e. The van der Waals surface area contributed by atoms with Gasteiger partial charge in [-0.05, 0) is 42.9 Å². The third-order valence-electron chi connectivity index (χ3n) is 4.80. The highest BCUT2D eigenvalue weighted by Gasteiger charge is 2.22. The first-order chi connectivity index (χ1) is 14.3. The summed E-state index contributed by atoms with van der Waals surface area (Å²) in [5.41, 5.74) is 1.21. The molecular weight excluding hydrogens is 422 g/mol. The van der Waals surface area contributed by atoms with E-state index in [0.29, 0.717) is 11.6 Å². The highest BCUT2D eigenvalue weighted by atomic mass is 35.5. The molecule has 1 atom stereocenters. The Balaban J connectivity index is 2.21. The molecule has 30 heavy (non-hydrogen) atoms. The molecule has 162 valence electrons. The number of hydrogen-bond acceptors (Lipinski definition) is 4. The van der Waals surface area contributed by atoms with Crippen LogP contribution in [-0.2, 0) is 10.0 Å². The van der Waals surface area contributed by atoms with Crippen molar-refractivity contribution in [3.63, 3.8) is 0 Å². The van der Waals surface area contributed by atoms with Gasteiger partial charge in [0.15, 0.2) is 0 Å². The number of nitrogens with one attached hydrogen (secondary N) is 2. The summed E-state index contributed by atoms with van der Waals surface area (Å²) in [6.45, 7) is 9.66. The molecular formula is C22H28ClN3O3S. The molecule has 2 N–H and O–H groups in total. The van der Waals surface area contributed by atoms with Gasteiger partial charge in [0.05, 0.1) is 10.9 Å². The molecule has 2 aromatic carbocycles. The lowest BCUT2D eigenvalue weighted by Crippen LogP contribution is -2.38. The van der Waals surface area contributed by atoms with Crippen LogP contribution in [0.1, 0.15) is 35.8 Å². The van der Waals surface area contributed by atoms with E-state index in [1.165, 1.54) is 18.2 Å². The van der Waals surface area contributed by atoms with E-state index in [4.69, 9.17) is 11.6 Å². The van der Waals surface area contributed by atoms with Gasteiger partial charge in [-0.15, -0.1) is 6.58 Å². The van der Waals surface area contributed by atoms with Gasteiger partial charge in [0.25, 0.3) is 5.91 Å². The molecule has 6 nitrogen and oxygen atoms in total. The van der Waals surface area contributed by atoms with Gasteiger partial charge in [0.1, 0.15) is 0 Å². The predicted octanol–water partition coefficient (Wildman–Crippen LogP) is 3.62. The first-order valence-corrected chi connectivity index (χ1v) is 11.7. The van der Waals surface area contributed by atoms with Gasteiger partial charge in [-0.1, -0.05) is 55.8 Å². The second kappa shape index (κ2) is 11.3. The van der Waals surface area contributed by atoms with Gasteiger partial charge in [-0.2, -0.15) is 0 Å². The zero-order chi connectivity index (χ0) is 22.1. The largest absolute Gasteiger partial charge is 0.350 e. The quantitative estimate of drug-likeness (QED) is 0.513. The normalized spacial score (nSPS) is 12.5. The second-order valence-electron chi connectivity index (χ2n) is 6.64. The molecule has 0 saturated carbocycles. The van der Waals surface area contributed by atoms with E-state index in [-0.39, 0.29) is 29.0 Å². The number of amides is 1. The summed E-state index contributed by atoms with van der Waals surface area (Å²) in [4.78, 5) is 15.0. The number of sulfonamides is 1. The van der Waals surface area contributed by atoms with Gasteiger partial charge < -0.3 is 5.32 Å². The molecule has 0 heterocycles. The summed E-state index contributed by atoms with van der Waals surface area (Å²) in [6, 6.07) is 13.4. The van der Waals surface area contributed by atoms with Gasteiger partial charge in [-0.3, -0.25) is 9.69 Å². The van der Waals surface area contributed by atoms with Crippen molar-refractivity contribution in [2.75, 3.05) is 26.2 Å². The Kier molecular flexibility index (Phi) is 9.05. The molecule has 0 aromatic heterocycles. The Morgan fingerprint density at radius 2 is 1.87 bits per heavy atom. The molecule has 1 amide bonds. The van der Waals surface area contributed by atoms with Crippen molar-refractivity contribution in [3.05, 3.63) is 77.3 Å². The average molecular weight is 450 g/mol. The van der Waals surface area contributed by atoms with Crippen LogP contribution in [0.15, 0.2) is 66.1 Å². The molecule has 0 aliphatic heterocycles. The minimum absolute atomic E-state index is 0.0309. The van der Waals surface area contributed by atoms with E-state index < -0.39 is 10.0 Å². The predicted molar refractivity (Wildman–Crippen MR) is 121 cm³/mol. The lowest BCUT2D eigenvalue weighted by atomic mass is 10.0. The van der Waals surface area contributed by atoms with Crippen molar-refractivity contribution < 1.29 is 13.2 Å². The Morgan fingerprint density at radius 1 is 1.17 bits per heavy atom. The summed E-state index contributed by atoms with van der Waals surface area (Å²) in [5, 5.41) is 3.57. The number of nitrogens with zero attached hydrogens (tertiary/aromatic N) is 1. The highest BCUT2D eigenvalue weighted by Crippen LogP contribution is 2.27. The Hall–Kier alpha value is -2.19. The van der Waals surface area contributed by atoms with E-state index in [2.05, 4.69) is 35.4 Å². The summed E-state index contributed by atoms with van der Waals surface area (Å²) in [7, 11) is -3.71. The summed E-state index contributed by atoms with van der Waals surface area (Å²) >= 11 is 6.40. The van der Waals surface area contributed by atoms with Crippen LogP contribution in [0.3, 0.4) is 0 Å². The number of benzene rings is 2. The first-order valence-electron chi connectivity index (χ1n) is 9.81. The maximum atomic E-state index is 12.8. The molecule has 0 unspecified atom stereocenters. The number of carbonyl (C=O) groups is 1. The van der Waals surface area contributed by atoms with Crippen LogP contribution in [0.5, 0.6) is 0 Å². The summed E-state index contributed by atoms with van der Waals surface area (Å²) in [5.74, 6) is -0.347. The third-order valence-corrected chi connectivity index (χ3v) is 6.56.